The summed E-state index contributed by atoms with van der Waals surface area (Å²) in [5.74, 6) is -1.55. The van der Waals surface area contributed by atoms with Gasteiger partial charge in [-0.3, -0.25) is 9.69 Å². The van der Waals surface area contributed by atoms with Gasteiger partial charge in [-0.2, -0.15) is 0 Å². The maximum absolute atomic E-state index is 13.8. The molecule has 2 atom stereocenters. The second-order valence-electron chi connectivity index (χ2n) is 10.5. The molecule has 0 aromatic heterocycles. The lowest BCUT2D eigenvalue weighted by Crippen LogP contribution is -2.61. The zero-order valence-electron chi connectivity index (χ0n) is 20.0. The summed E-state index contributed by atoms with van der Waals surface area (Å²) in [4.78, 5) is 40.9. The summed E-state index contributed by atoms with van der Waals surface area (Å²) in [6.07, 6.45) is 0.917. The number of amides is 1. The molecule has 3 aliphatic rings. The average Bonchev–Trinajstić information content (AvgIpc) is 3.23. The van der Waals surface area contributed by atoms with E-state index in [-0.39, 0.29) is 18.7 Å². The van der Waals surface area contributed by atoms with Gasteiger partial charge in [-0.05, 0) is 93.5 Å². The van der Waals surface area contributed by atoms with Crippen LogP contribution in [0, 0.1) is 5.92 Å². The summed E-state index contributed by atoms with van der Waals surface area (Å²) in [6.45, 7) is 5.76. The van der Waals surface area contributed by atoms with Gasteiger partial charge in [0, 0.05) is 22.7 Å². The maximum atomic E-state index is 13.8. The fourth-order valence-corrected chi connectivity index (χ4v) is 5.87. The highest BCUT2D eigenvalue weighted by molar-refractivity contribution is 6.30. The number of carbonyl (C=O) groups is 3. The van der Waals surface area contributed by atoms with Crippen molar-refractivity contribution >= 4 is 29.4 Å². The third-order valence-electron chi connectivity index (χ3n) is 7.21. The Balaban J connectivity index is 1.53. The number of carbonyl (C=O) groups excluding carboxylic acids is 2. The molecule has 7 nitrogen and oxygen atoms in total. The molecule has 2 aliphatic heterocycles. The first-order valence-electron chi connectivity index (χ1n) is 11.9. The van der Waals surface area contributed by atoms with Gasteiger partial charge in [0.15, 0.2) is 11.3 Å². The third-order valence-corrected chi connectivity index (χ3v) is 7.45. The minimum atomic E-state index is -1.62. The van der Waals surface area contributed by atoms with Gasteiger partial charge in [0.2, 0.25) is 0 Å². The molecule has 1 amide bonds. The quantitative estimate of drug-likeness (QED) is 0.589. The first-order valence-corrected chi connectivity index (χ1v) is 12.3. The number of aliphatic carboxylic acids is 1. The highest BCUT2D eigenvalue weighted by atomic mass is 35.5. The zero-order valence-corrected chi connectivity index (χ0v) is 20.8. The number of fused-ring (bicyclic) bond motifs is 4. The molecule has 2 aromatic rings. The summed E-state index contributed by atoms with van der Waals surface area (Å²) in [5.41, 5.74) is 1.79. The van der Waals surface area contributed by atoms with Crippen LogP contribution in [0.3, 0.4) is 0 Å². The number of hydrogen-bond acceptors (Lipinski definition) is 5. The number of ketones is 1. The van der Waals surface area contributed by atoms with Crippen molar-refractivity contribution in [3.63, 3.8) is 0 Å². The van der Waals surface area contributed by atoms with Crippen molar-refractivity contribution in [3.05, 3.63) is 52.0 Å². The van der Waals surface area contributed by atoms with Crippen molar-refractivity contribution in [1.82, 2.24) is 4.90 Å². The number of nitrogens with zero attached hydrogens (tertiary/aromatic N) is 1. The van der Waals surface area contributed by atoms with Crippen LogP contribution >= 0.6 is 11.6 Å². The van der Waals surface area contributed by atoms with E-state index in [0.29, 0.717) is 42.2 Å². The molecule has 0 bridgehead atoms. The monoisotopic (exact) mass is 497 g/mol. The minimum Gasteiger partial charge on any atom is -0.488 e. The van der Waals surface area contributed by atoms with Crippen LogP contribution in [-0.2, 0) is 22.6 Å². The summed E-state index contributed by atoms with van der Waals surface area (Å²) < 4.78 is 11.4. The Kier molecular flexibility index (Phi) is 5.59. The van der Waals surface area contributed by atoms with Gasteiger partial charge < -0.3 is 14.6 Å². The first-order chi connectivity index (χ1) is 16.5. The second-order valence-corrected chi connectivity index (χ2v) is 11.0. The topological polar surface area (TPSA) is 93.1 Å². The summed E-state index contributed by atoms with van der Waals surface area (Å²) in [7, 11) is 0. The molecule has 0 saturated carbocycles. The largest absolute Gasteiger partial charge is 0.488 e. The van der Waals surface area contributed by atoms with E-state index in [1.807, 2.05) is 18.2 Å². The summed E-state index contributed by atoms with van der Waals surface area (Å²) in [6, 6.07) is 9.34. The van der Waals surface area contributed by atoms with Crippen molar-refractivity contribution in [2.24, 2.45) is 5.92 Å². The van der Waals surface area contributed by atoms with Crippen LogP contribution in [-0.4, -0.2) is 45.5 Å². The highest BCUT2D eigenvalue weighted by Gasteiger charge is 2.59. The van der Waals surface area contributed by atoms with E-state index < -0.39 is 29.1 Å². The molecule has 1 N–H and O–H groups in total. The van der Waals surface area contributed by atoms with Crippen LogP contribution in [0.5, 0.6) is 5.75 Å². The third kappa shape index (κ3) is 3.86. The number of hydrogen-bond donors (Lipinski definition) is 1. The fourth-order valence-electron chi connectivity index (χ4n) is 5.71. The zero-order chi connectivity index (χ0) is 25.1. The van der Waals surface area contributed by atoms with Crippen molar-refractivity contribution in [2.45, 2.75) is 64.2 Å². The number of aryl methyl sites for hydroxylation is 1. The fraction of sp³-hybridized carbons (Fsp3) is 0.444. The molecular weight excluding hydrogens is 470 g/mol. The molecule has 1 fully saturated rings. The van der Waals surface area contributed by atoms with Crippen molar-refractivity contribution in [3.8, 4) is 16.9 Å². The molecule has 0 radical (unpaired) electrons. The maximum Gasteiger partial charge on any atom is 0.411 e. The molecule has 0 spiro atoms. The smallest absolute Gasteiger partial charge is 0.411 e. The Morgan fingerprint density at radius 1 is 1.14 bits per heavy atom. The number of carboxylic acids is 1. The molecule has 2 aromatic carbocycles. The number of likely N-dealkylation sites (tertiary alicyclic amines) is 1. The van der Waals surface area contributed by atoms with E-state index in [4.69, 9.17) is 21.1 Å². The SMILES string of the molecule is CC(C)(C)OC(=O)N1CCC[C@@]1(C(=O)O)C1CCc2cc3c(cc2C1=O)COc1cc(Cl)ccc1-3. The number of ether oxygens (including phenoxy) is 2. The van der Waals surface area contributed by atoms with Gasteiger partial charge in [-0.25, -0.2) is 9.59 Å². The van der Waals surface area contributed by atoms with E-state index in [0.717, 1.165) is 22.3 Å². The Bertz CT molecular complexity index is 1250. The van der Waals surface area contributed by atoms with Gasteiger partial charge in [-0.15, -0.1) is 0 Å². The van der Waals surface area contributed by atoms with Gasteiger partial charge in [0.05, 0.1) is 5.92 Å². The van der Waals surface area contributed by atoms with E-state index in [1.165, 1.54) is 4.90 Å². The molecule has 1 aliphatic carbocycles. The predicted octanol–water partition coefficient (Wildman–Crippen LogP) is 5.50. The number of carboxylic acid groups (broad SMARTS) is 1. The van der Waals surface area contributed by atoms with Crippen LogP contribution in [0.4, 0.5) is 4.79 Å². The Hall–Kier alpha value is -3.06. The lowest BCUT2D eigenvalue weighted by molar-refractivity contribution is -0.152. The average molecular weight is 498 g/mol. The van der Waals surface area contributed by atoms with E-state index in [2.05, 4.69) is 0 Å². The lowest BCUT2D eigenvalue weighted by atomic mass is 9.69. The minimum absolute atomic E-state index is 0.218. The van der Waals surface area contributed by atoms with Crippen LogP contribution in [0.1, 0.15) is 61.5 Å². The van der Waals surface area contributed by atoms with E-state index in [1.54, 1.807) is 32.9 Å². The Labute approximate surface area is 209 Å². The number of halogens is 1. The van der Waals surface area contributed by atoms with Crippen molar-refractivity contribution < 1.29 is 29.0 Å². The van der Waals surface area contributed by atoms with Gasteiger partial charge >= 0.3 is 12.1 Å². The molecule has 2 heterocycles. The van der Waals surface area contributed by atoms with Crippen LogP contribution in [0.15, 0.2) is 30.3 Å². The van der Waals surface area contributed by atoms with Crippen LogP contribution in [0.25, 0.3) is 11.1 Å². The molecule has 5 rings (SSSR count). The Morgan fingerprint density at radius 3 is 2.60 bits per heavy atom. The number of rotatable bonds is 2. The summed E-state index contributed by atoms with van der Waals surface area (Å²) >= 11 is 6.11. The second kappa shape index (κ2) is 8.26. The molecule has 8 heteroatoms. The summed E-state index contributed by atoms with van der Waals surface area (Å²) in [5, 5.41) is 11.0. The molecule has 1 saturated heterocycles. The molecular formula is C27H28ClNO6. The molecule has 184 valence electrons. The van der Waals surface area contributed by atoms with Gasteiger partial charge in [-0.1, -0.05) is 11.6 Å². The van der Waals surface area contributed by atoms with Crippen molar-refractivity contribution in [1.29, 1.82) is 0 Å². The first kappa shape index (κ1) is 23.7. The van der Waals surface area contributed by atoms with Crippen LogP contribution in [0.2, 0.25) is 5.02 Å². The van der Waals surface area contributed by atoms with Gasteiger partial charge in [0.25, 0.3) is 0 Å². The molecule has 35 heavy (non-hydrogen) atoms. The van der Waals surface area contributed by atoms with Crippen molar-refractivity contribution in [2.75, 3.05) is 6.54 Å². The highest BCUT2D eigenvalue weighted by Crippen LogP contribution is 2.46. The van der Waals surface area contributed by atoms with Crippen LogP contribution < -0.4 is 4.74 Å². The number of Topliss-reactive ketones (excluding diaryl/α,β-unsaturated/α-hetero) is 1. The lowest BCUT2D eigenvalue weighted by Gasteiger charge is -2.42. The molecule has 1 unspecified atom stereocenters. The van der Waals surface area contributed by atoms with E-state index in [9.17, 15) is 19.5 Å². The van der Waals surface area contributed by atoms with Gasteiger partial charge in [0.1, 0.15) is 18.0 Å². The van der Waals surface area contributed by atoms with E-state index >= 15 is 0 Å². The normalized spacial score (nSPS) is 23.1. The number of benzene rings is 2. The Morgan fingerprint density at radius 2 is 1.89 bits per heavy atom. The predicted molar refractivity (Wildman–Crippen MR) is 130 cm³/mol. The standard InChI is InChI=1S/C27H28ClNO6/c1-26(2,3)35-25(33)29-10-4-9-27(29,24(31)32)21-8-5-15-11-19-16(12-20(15)23(21)30)14-34-22-13-17(28)6-7-18(19)22/h6-7,11-13,21H,4-5,8-10,14H2,1-3H3,(H,31,32)/t21?,27-/m0/s1.